The largest absolute Gasteiger partial charge is 0.461 e. The molecule has 0 aromatic heterocycles. The Bertz CT molecular complexity index is 409. The van der Waals surface area contributed by atoms with Crippen LogP contribution in [-0.2, 0) is 19.1 Å². The van der Waals surface area contributed by atoms with Crippen LogP contribution in [0.3, 0.4) is 0 Å². The standard InChI is InChI=1S/C15H26N2O5/c1-5-10(4)13(19)14(20)17-12(7-6-11(18)8-16)15(21)22-9(2)3/h8-10,12-13,16,19H,5-7H2,1-4H3,(H,17,20)/t10?,12-,13-/m0/s1. The van der Waals surface area contributed by atoms with Crippen LogP contribution in [0.15, 0.2) is 0 Å². The van der Waals surface area contributed by atoms with Gasteiger partial charge in [-0.1, -0.05) is 20.3 Å². The summed E-state index contributed by atoms with van der Waals surface area (Å²) in [6, 6.07) is -1.02. The van der Waals surface area contributed by atoms with Gasteiger partial charge in [-0.05, 0) is 26.2 Å². The van der Waals surface area contributed by atoms with Gasteiger partial charge in [0.1, 0.15) is 12.1 Å². The number of Topliss-reactive ketones (excluding diaryl/α,β-unsaturated/α-hetero) is 1. The molecule has 0 aliphatic carbocycles. The van der Waals surface area contributed by atoms with E-state index < -0.39 is 29.8 Å². The molecule has 0 fully saturated rings. The molecule has 1 unspecified atom stereocenters. The summed E-state index contributed by atoms with van der Waals surface area (Å²) in [6.45, 7) is 6.92. The number of carbonyl (C=O) groups is 3. The number of rotatable bonds is 10. The number of hydrogen-bond donors (Lipinski definition) is 3. The first-order valence-corrected chi connectivity index (χ1v) is 7.45. The van der Waals surface area contributed by atoms with Crippen LogP contribution in [0.4, 0.5) is 0 Å². The second kappa shape index (κ2) is 10.0. The normalized spacial score (nSPS) is 14.8. The molecule has 0 radical (unpaired) electrons. The van der Waals surface area contributed by atoms with Crippen LogP contribution in [0.2, 0.25) is 0 Å². The number of nitrogens with one attached hydrogen (secondary N) is 2. The van der Waals surface area contributed by atoms with Crippen molar-refractivity contribution in [1.29, 1.82) is 5.41 Å². The van der Waals surface area contributed by atoms with Gasteiger partial charge in [0.2, 0.25) is 5.91 Å². The summed E-state index contributed by atoms with van der Waals surface area (Å²) in [6.07, 6.45) is -0.328. The summed E-state index contributed by atoms with van der Waals surface area (Å²) < 4.78 is 5.04. The van der Waals surface area contributed by atoms with Crippen molar-refractivity contribution >= 4 is 23.9 Å². The monoisotopic (exact) mass is 314 g/mol. The molecular formula is C15H26N2O5. The lowest BCUT2D eigenvalue weighted by Crippen LogP contribution is -2.48. The fraction of sp³-hybridized carbons (Fsp3) is 0.733. The number of aliphatic hydroxyl groups excluding tert-OH is 1. The van der Waals surface area contributed by atoms with Crippen LogP contribution in [-0.4, -0.2) is 47.2 Å². The summed E-state index contributed by atoms with van der Waals surface area (Å²) in [5, 5.41) is 19.1. The minimum atomic E-state index is -1.22. The van der Waals surface area contributed by atoms with E-state index in [0.29, 0.717) is 12.6 Å². The lowest BCUT2D eigenvalue weighted by molar-refractivity contribution is -0.152. The lowest BCUT2D eigenvalue weighted by Gasteiger charge is -2.22. The van der Waals surface area contributed by atoms with Crippen molar-refractivity contribution < 1.29 is 24.2 Å². The van der Waals surface area contributed by atoms with E-state index in [1.807, 2.05) is 6.92 Å². The van der Waals surface area contributed by atoms with Crippen molar-refractivity contribution in [1.82, 2.24) is 5.32 Å². The van der Waals surface area contributed by atoms with Crippen molar-refractivity contribution in [3.05, 3.63) is 0 Å². The average Bonchev–Trinajstić information content (AvgIpc) is 2.48. The topological polar surface area (TPSA) is 117 Å². The number of carbonyl (C=O) groups excluding carboxylic acids is 3. The third kappa shape index (κ3) is 7.31. The van der Waals surface area contributed by atoms with E-state index in [0.717, 1.165) is 0 Å². The fourth-order valence-electron chi connectivity index (χ4n) is 1.66. The Morgan fingerprint density at radius 2 is 1.86 bits per heavy atom. The van der Waals surface area contributed by atoms with Crippen LogP contribution >= 0.6 is 0 Å². The van der Waals surface area contributed by atoms with Crippen LogP contribution in [0.5, 0.6) is 0 Å². The molecule has 7 nitrogen and oxygen atoms in total. The SMILES string of the molecule is CCC(C)[C@H](O)C(=O)N[C@@H](CCC(=O)C=N)C(=O)OC(C)C. The van der Waals surface area contributed by atoms with Crippen LogP contribution < -0.4 is 5.32 Å². The number of amides is 1. The molecule has 22 heavy (non-hydrogen) atoms. The van der Waals surface area contributed by atoms with Gasteiger partial charge < -0.3 is 20.6 Å². The van der Waals surface area contributed by atoms with E-state index in [9.17, 15) is 19.5 Å². The predicted octanol–water partition coefficient (Wildman–Crippen LogP) is 0.829. The Labute approximate surface area is 130 Å². The van der Waals surface area contributed by atoms with Gasteiger partial charge in [0.15, 0.2) is 5.78 Å². The molecule has 0 aromatic carbocycles. The van der Waals surface area contributed by atoms with Gasteiger partial charge in [-0.25, -0.2) is 4.79 Å². The van der Waals surface area contributed by atoms with Crippen LogP contribution in [0, 0.1) is 11.3 Å². The number of ketones is 1. The predicted molar refractivity (Wildman–Crippen MR) is 81.6 cm³/mol. The molecule has 3 atom stereocenters. The van der Waals surface area contributed by atoms with Crippen LogP contribution in [0.1, 0.15) is 47.0 Å². The quantitative estimate of drug-likeness (QED) is 0.408. The Morgan fingerprint density at radius 3 is 2.32 bits per heavy atom. The maximum Gasteiger partial charge on any atom is 0.328 e. The van der Waals surface area contributed by atoms with Gasteiger partial charge in [0, 0.05) is 6.42 Å². The molecule has 7 heteroatoms. The van der Waals surface area contributed by atoms with Gasteiger partial charge in [0.05, 0.1) is 12.3 Å². The molecule has 3 N–H and O–H groups in total. The van der Waals surface area contributed by atoms with Crippen molar-refractivity contribution in [2.24, 2.45) is 5.92 Å². The van der Waals surface area contributed by atoms with Gasteiger partial charge in [0.25, 0.3) is 0 Å². The summed E-state index contributed by atoms with van der Waals surface area (Å²) in [5.74, 6) is -2.01. The van der Waals surface area contributed by atoms with Crippen molar-refractivity contribution in [2.75, 3.05) is 0 Å². The summed E-state index contributed by atoms with van der Waals surface area (Å²) in [4.78, 5) is 35.1. The zero-order valence-corrected chi connectivity index (χ0v) is 13.6. The third-order valence-corrected chi connectivity index (χ3v) is 3.24. The Kier molecular flexibility index (Phi) is 9.24. The molecule has 0 spiro atoms. The zero-order valence-electron chi connectivity index (χ0n) is 13.6. The van der Waals surface area contributed by atoms with Crippen LogP contribution in [0.25, 0.3) is 0 Å². The highest BCUT2D eigenvalue weighted by Gasteiger charge is 2.28. The molecule has 0 bridgehead atoms. The zero-order chi connectivity index (χ0) is 17.3. The Hall–Kier alpha value is -1.76. The lowest BCUT2D eigenvalue weighted by atomic mass is 10.0. The number of hydrogen-bond acceptors (Lipinski definition) is 6. The minimum absolute atomic E-state index is 0.0265. The van der Waals surface area contributed by atoms with Gasteiger partial charge in [-0.15, -0.1) is 0 Å². The second-order valence-electron chi connectivity index (χ2n) is 5.53. The summed E-state index contributed by atoms with van der Waals surface area (Å²) in [7, 11) is 0. The molecule has 0 rings (SSSR count). The van der Waals surface area contributed by atoms with E-state index in [2.05, 4.69) is 5.32 Å². The molecule has 0 heterocycles. The molecule has 0 aromatic rings. The second-order valence-corrected chi connectivity index (χ2v) is 5.53. The van der Waals surface area contributed by atoms with E-state index in [1.165, 1.54) is 0 Å². The molecule has 126 valence electrons. The minimum Gasteiger partial charge on any atom is -0.461 e. The van der Waals surface area contributed by atoms with Crippen molar-refractivity contribution in [2.45, 2.75) is 65.2 Å². The van der Waals surface area contributed by atoms with E-state index >= 15 is 0 Å². The van der Waals surface area contributed by atoms with Gasteiger partial charge in [-0.2, -0.15) is 0 Å². The average molecular weight is 314 g/mol. The van der Waals surface area contributed by atoms with Gasteiger partial charge in [-0.3, -0.25) is 9.59 Å². The first-order valence-electron chi connectivity index (χ1n) is 7.45. The Balaban J connectivity index is 4.83. The smallest absolute Gasteiger partial charge is 0.328 e. The number of esters is 1. The number of ether oxygens (including phenoxy) is 1. The molecule has 0 aliphatic rings. The summed E-state index contributed by atoms with van der Waals surface area (Å²) >= 11 is 0. The highest BCUT2D eigenvalue weighted by atomic mass is 16.5. The molecule has 0 saturated carbocycles. The van der Waals surface area contributed by atoms with Crippen molar-refractivity contribution in [3.63, 3.8) is 0 Å². The van der Waals surface area contributed by atoms with E-state index in [4.69, 9.17) is 10.1 Å². The molecule has 1 amide bonds. The Morgan fingerprint density at radius 1 is 1.27 bits per heavy atom. The first kappa shape index (κ1) is 20.2. The maximum atomic E-state index is 12.0. The molecule has 0 saturated heterocycles. The van der Waals surface area contributed by atoms with E-state index in [1.54, 1.807) is 20.8 Å². The molecular weight excluding hydrogens is 288 g/mol. The highest BCUT2D eigenvalue weighted by Crippen LogP contribution is 2.09. The summed E-state index contributed by atoms with van der Waals surface area (Å²) in [5.41, 5.74) is 0. The maximum absolute atomic E-state index is 12.0. The molecule has 0 aliphatic heterocycles. The van der Waals surface area contributed by atoms with Gasteiger partial charge >= 0.3 is 5.97 Å². The van der Waals surface area contributed by atoms with E-state index in [-0.39, 0.29) is 24.9 Å². The number of aliphatic hydroxyl groups is 1. The van der Waals surface area contributed by atoms with Crippen molar-refractivity contribution in [3.8, 4) is 0 Å². The fourth-order valence-corrected chi connectivity index (χ4v) is 1.66. The third-order valence-electron chi connectivity index (χ3n) is 3.24. The highest BCUT2D eigenvalue weighted by molar-refractivity contribution is 6.26. The first-order chi connectivity index (χ1) is 10.2.